The molecule has 0 aliphatic carbocycles. The summed E-state index contributed by atoms with van der Waals surface area (Å²) in [7, 11) is -1.39. The summed E-state index contributed by atoms with van der Waals surface area (Å²) in [6.07, 6.45) is -1.38. The van der Waals surface area contributed by atoms with Crippen LogP contribution in [0.2, 0.25) is 19.6 Å². The van der Waals surface area contributed by atoms with E-state index in [-0.39, 0.29) is 6.10 Å². The quantitative estimate of drug-likeness (QED) is 0.582. The van der Waals surface area contributed by atoms with Crippen molar-refractivity contribution >= 4 is 20.0 Å². The topological polar surface area (TPSA) is 52.6 Å². The number of esters is 2. The molecule has 0 radical (unpaired) electrons. The monoisotopic (exact) mass is 334 g/mol. The van der Waals surface area contributed by atoms with Crippen LogP contribution in [0.4, 0.5) is 0 Å². The molecule has 0 bridgehead atoms. The number of rotatable bonds is 6. The molecule has 1 aromatic carbocycles. The lowest BCUT2D eigenvalue weighted by Gasteiger charge is -2.21. The summed E-state index contributed by atoms with van der Waals surface area (Å²) in [5.74, 6) is -1.07. The van der Waals surface area contributed by atoms with Crippen LogP contribution in [0.1, 0.15) is 32.4 Å². The molecular formula is C18H26O4Si. The van der Waals surface area contributed by atoms with Crippen LogP contribution >= 0.6 is 0 Å². The van der Waals surface area contributed by atoms with Crippen LogP contribution in [0.25, 0.3) is 0 Å². The molecular weight excluding hydrogens is 308 g/mol. The summed E-state index contributed by atoms with van der Waals surface area (Å²) in [6, 6.07) is 8.90. The summed E-state index contributed by atoms with van der Waals surface area (Å²) in [4.78, 5) is 23.7. The Kier molecular flexibility index (Phi) is 6.75. The fraction of sp³-hybridized carbons (Fsp3) is 0.444. The molecule has 0 saturated carbocycles. The van der Waals surface area contributed by atoms with Gasteiger partial charge in [-0.15, -0.1) is 0 Å². The van der Waals surface area contributed by atoms with E-state index in [4.69, 9.17) is 9.47 Å². The zero-order valence-corrected chi connectivity index (χ0v) is 15.8. The highest BCUT2D eigenvalue weighted by Gasteiger charge is 2.27. The van der Waals surface area contributed by atoms with Crippen molar-refractivity contribution in [3.8, 4) is 0 Å². The van der Waals surface area contributed by atoms with Gasteiger partial charge in [-0.1, -0.05) is 55.7 Å². The number of benzene rings is 1. The van der Waals surface area contributed by atoms with Gasteiger partial charge in [0, 0.05) is 12.5 Å². The lowest BCUT2D eigenvalue weighted by atomic mass is 10.1. The molecule has 4 nitrogen and oxygen atoms in total. The maximum Gasteiger partial charge on any atom is 0.352 e. The average Bonchev–Trinajstić information content (AvgIpc) is 2.43. The van der Waals surface area contributed by atoms with Gasteiger partial charge in [0.1, 0.15) is 6.10 Å². The molecule has 1 aromatic rings. The van der Waals surface area contributed by atoms with Crippen LogP contribution in [0, 0.1) is 0 Å². The minimum Gasteiger partial charge on any atom is -0.455 e. The van der Waals surface area contributed by atoms with Crippen molar-refractivity contribution in [2.24, 2.45) is 0 Å². The number of carbonyl (C=O) groups excluding carboxylic acids is 2. The zero-order chi connectivity index (χ0) is 17.6. The van der Waals surface area contributed by atoms with Crippen LogP contribution in [0.5, 0.6) is 0 Å². The molecule has 0 amide bonds. The molecule has 0 spiro atoms. The molecule has 0 aliphatic rings. The second kappa shape index (κ2) is 8.11. The molecule has 0 N–H and O–H groups in total. The second-order valence-corrected chi connectivity index (χ2v) is 11.8. The summed E-state index contributed by atoms with van der Waals surface area (Å²) >= 11 is 0. The van der Waals surface area contributed by atoms with Crippen LogP contribution in [0.15, 0.2) is 41.6 Å². The standard InChI is InChI=1S/C18H26O4Si/c1-13(12-23(4,5)6)14(2)21-18(20)17(22-15(3)19)16-10-8-7-9-11-16/h7-12,14,17H,1-6H3/b13-12+/t14-,17-/m0/s1. The van der Waals surface area contributed by atoms with Crippen molar-refractivity contribution < 1.29 is 19.1 Å². The summed E-state index contributed by atoms with van der Waals surface area (Å²) in [5, 5.41) is 0. The van der Waals surface area contributed by atoms with E-state index in [1.54, 1.807) is 24.3 Å². The van der Waals surface area contributed by atoms with Gasteiger partial charge in [-0.05, 0) is 19.4 Å². The number of ether oxygens (including phenoxy) is 2. The third-order valence-electron chi connectivity index (χ3n) is 3.20. The molecule has 0 aliphatic heterocycles. The second-order valence-electron chi connectivity index (χ2n) is 6.73. The van der Waals surface area contributed by atoms with E-state index in [9.17, 15) is 9.59 Å². The van der Waals surface area contributed by atoms with E-state index in [1.165, 1.54) is 6.92 Å². The third kappa shape index (κ3) is 6.82. The molecule has 0 heterocycles. The Morgan fingerprint density at radius 1 is 1.04 bits per heavy atom. The molecule has 0 unspecified atom stereocenters. The Hall–Kier alpha value is -1.88. The fourth-order valence-corrected chi connectivity index (χ4v) is 3.78. The van der Waals surface area contributed by atoms with Gasteiger partial charge in [-0.3, -0.25) is 4.79 Å². The minimum atomic E-state index is -1.39. The Morgan fingerprint density at radius 3 is 2.09 bits per heavy atom. The molecule has 2 atom stereocenters. The summed E-state index contributed by atoms with van der Waals surface area (Å²) in [5.41, 5.74) is 3.83. The predicted octanol–water partition coefficient (Wildman–Crippen LogP) is 4.05. The highest BCUT2D eigenvalue weighted by atomic mass is 28.3. The number of hydrogen-bond donors (Lipinski definition) is 0. The molecule has 126 valence electrons. The van der Waals surface area contributed by atoms with E-state index in [0.717, 1.165) is 5.57 Å². The van der Waals surface area contributed by atoms with Gasteiger partial charge in [0.05, 0.1) is 8.07 Å². The lowest BCUT2D eigenvalue weighted by molar-refractivity contribution is -0.169. The third-order valence-corrected chi connectivity index (χ3v) is 4.52. The maximum absolute atomic E-state index is 12.4. The van der Waals surface area contributed by atoms with E-state index in [1.807, 2.05) is 19.9 Å². The summed E-state index contributed by atoms with van der Waals surface area (Å²) in [6.45, 7) is 11.7. The summed E-state index contributed by atoms with van der Waals surface area (Å²) < 4.78 is 10.7. The van der Waals surface area contributed by atoms with E-state index >= 15 is 0 Å². The largest absolute Gasteiger partial charge is 0.455 e. The van der Waals surface area contributed by atoms with Gasteiger partial charge in [0.25, 0.3) is 0 Å². The molecule has 0 saturated heterocycles. The predicted molar refractivity (Wildman–Crippen MR) is 93.6 cm³/mol. The van der Waals surface area contributed by atoms with Crippen molar-refractivity contribution in [1.29, 1.82) is 0 Å². The van der Waals surface area contributed by atoms with Gasteiger partial charge < -0.3 is 9.47 Å². The first kappa shape index (κ1) is 19.2. The van der Waals surface area contributed by atoms with Crippen molar-refractivity contribution in [2.45, 2.75) is 52.6 Å². The average molecular weight is 334 g/mol. The Balaban J connectivity index is 2.90. The maximum atomic E-state index is 12.4. The molecule has 23 heavy (non-hydrogen) atoms. The molecule has 0 fully saturated rings. The van der Waals surface area contributed by atoms with E-state index in [2.05, 4.69) is 25.3 Å². The number of hydrogen-bond acceptors (Lipinski definition) is 4. The first-order valence-electron chi connectivity index (χ1n) is 7.72. The molecule has 1 rings (SSSR count). The highest BCUT2D eigenvalue weighted by Crippen LogP contribution is 2.21. The molecule has 5 heteroatoms. The SMILES string of the molecule is CC(=O)O[C@H](C(=O)O[C@@H](C)/C(C)=C/[Si](C)(C)C)c1ccccc1. The Bertz CT molecular complexity index is 572. The van der Waals surface area contributed by atoms with Crippen LogP contribution in [-0.2, 0) is 19.1 Å². The van der Waals surface area contributed by atoms with Crippen molar-refractivity contribution in [3.63, 3.8) is 0 Å². The minimum absolute atomic E-state index is 0.351. The Morgan fingerprint density at radius 2 is 1.61 bits per heavy atom. The van der Waals surface area contributed by atoms with Gasteiger partial charge in [-0.2, -0.15) is 0 Å². The van der Waals surface area contributed by atoms with Crippen molar-refractivity contribution in [1.82, 2.24) is 0 Å². The van der Waals surface area contributed by atoms with Gasteiger partial charge in [0.2, 0.25) is 6.10 Å². The van der Waals surface area contributed by atoms with Crippen molar-refractivity contribution in [2.75, 3.05) is 0 Å². The fourth-order valence-electron chi connectivity index (χ4n) is 2.18. The highest BCUT2D eigenvalue weighted by molar-refractivity contribution is 6.81. The van der Waals surface area contributed by atoms with Crippen LogP contribution in [0.3, 0.4) is 0 Å². The first-order chi connectivity index (χ1) is 10.6. The smallest absolute Gasteiger partial charge is 0.352 e. The van der Waals surface area contributed by atoms with Crippen LogP contribution in [-0.4, -0.2) is 26.1 Å². The van der Waals surface area contributed by atoms with Crippen LogP contribution < -0.4 is 0 Å². The lowest BCUT2D eigenvalue weighted by Crippen LogP contribution is -2.26. The number of carbonyl (C=O) groups is 2. The molecule has 0 aromatic heterocycles. The zero-order valence-electron chi connectivity index (χ0n) is 14.8. The van der Waals surface area contributed by atoms with Gasteiger partial charge in [-0.25, -0.2) is 4.79 Å². The van der Waals surface area contributed by atoms with E-state index < -0.39 is 26.1 Å². The van der Waals surface area contributed by atoms with Gasteiger partial charge in [0.15, 0.2) is 0 Å². The first-order valence-corrected chi connectivity index (χ1v) is 11.3. The van der Waals surface area contributed by atoms with E-state index in [0.29, 0.717) is 5.56 Å². The van der Waals surface area contributed by atoms with Gasteiger partial charge >= 0.3 is 11.9 Å². The normalized spacial score (nSPS) is 14.8. The Labute approximate surface area is 139 Å². The van der Waals surface area contributed by atoms with Crippen molar-refractivity contribution in [3.05, 3.63) is 47.2 Å².